The summed E-state index contributed by atoms with van der Waals surface area (Å²) in [6.45, 7) is 8.68. The molecule has 1 amide bonds. The summed E-state index contributed by atoms with van der Waals surface area (Å²) in [6, 6.07) is 10.4. The van der Waals surface area contributed by atoms with Gasteiger partial charge in [0.1, 0.15) is 5.76 Å². The monoisotopic (exact) mass is 438 g/mol. The Morgan fingerprint density at radius 2 is 1.88 bits per heavy atom. The van der Waals surface area contributed by atoms with Gasteiger partial charge in [-0.25, -0.2) is 0 Å². The molecule has 3 heterocycles. The van der Waals surface area contributed by atoms with E-state index in [0.29, 0.717) is 18.9 Å². The number of hydrogen-bond acceptors (Lipinski definition) is 6. The minimum absolute atomic E-state index is 0.0536. The van der Waals surface area contributed by atoms with E-state index in [1.54, 1.807) is 24.0 Å². The number of aliphatic hydroxyl groups is 1. The first-order valence-corrected chi connectivity index (χ1v) is 11.3. The second kappa shape index (κ2) is 9.20. The van der Waals surface area contributed by atoms with Crippen LogP contribution in [-0.2, 0) is 9.53 Å². The molecule has 0 aliphatic carbocycles. The molecule has 2 atom stereocenters. The topological polar surface area (TPSA) is 83.2 Å². The van der Waals surface area contributed by atoms with Crippen molar-refractivity contribution in [2.45, 2.75) is 45.8 Å². The number of furan rings is 1. The van der Waals surface area contributed by atoms with Crippen LogP contribution < -0.4 is 4.90 Å². The van der Waals surface area contributed by atoms with E-state index in [-0.39, 0.29) is 17.4 Å². The van der Waals surface area contributed by atoms with Crippen LogP contribution in [0.25, 0.3) is 0 Å². The summed E-state index contributed by atoms with van der Waals surface area (Å²) in [5.74, 6) is -0.837. The highest BCUT2D eigenvalue weighted by Gasteiger charge is 2.45. The first-order chi connectivity index (χ1) is 15.4. The Kier molecular flexibility index (Phi) is 6.37. The smallest absolute Gasteiger partial charge is 0.290 e. The maximum absolute atomic E-state index is 13.3. The van der Waals surface area contributed by atoms with Crippen molar-refractivity contribution in [3.63, 3.8) is 0 Å². The van der Waals surface area contributed by atoms with Crippen molar-refractivity contribution in [3.05, 3.63) is 64.8 Å². The van der Waals surface area contributed by atoms with Gasteiger partial charge in [0, 0.05) is 31.9 Å². The van der Waals surface area contributed by atoms with Gasteiger partial charge in [-0.3, -0.25) is 9.59 Å². The highest BCUT2D eigenvalue weighted by atomic mass is 16.5. The standard InChI is InChI=1S/C25H30N2O5/c1-4-26(5-2)18-11-9-17(10-12-18)22-21(23(28)20-13-8-16(3)32-20)24(29)25(30)27(22)15-19-7-6-14-31-19/h8-13,19,22,29H,4-7,14-15H2,1-3H3. The zero-order chi connectivity index (χ0) is 22.8. The van der Waals surface area contributed by atoms with Crippen LogP contribution in [0.2, 0.25) is 0 Å². The predicted molar refractivity (Wildman–Crippen MR) is 121 cm³/mol. The molecule has 1 aromatic carbocycles. The SMILES string of the molecule is CCN(CC)c1ccc(C2C(C(=O)c3ccc(C)o3)=C(O)C(=O)N2CC2CCCO2)cc1. The lowest BCUT2D eigenvalue weighted by Gasteiger charge is -2.29. The van der Waals surface area contributed by atoms with Crippen LogP contribution in [0.5, 0.6) is 0 Å². The zero-order valence-corrected chi connectivity index (χ0v) is 18.8. The van der Waals surface area contributed by atoms with Crippen molar-refractivity contribution < 1.29 is 23.8 Å². The highest BCUT2D eigenvalue weighted by molar-refractivity contribution is 6.15. The van der Waals surface area contributed by atoms with E-state index in [2.05, 4.69) is 18.7 Å². The van der Waals surface area contributed by atoms with Crippen molar-refractivity contribution in [2.24, 2.45) is 0 Å². The molecule has 1 saturated heterocycles. The Bertz CT molecular complexity index is 1010. The summed E-state index contributed by atoms with van der Waals surface area (Å²) < 4.78 is 11.3. The number of aryl methyl sites for hydroxylation is 1. The van der Waals surface area contributed by atoms with Crippen molar-refractivity contribution in [3.8, 4) is 0 Å². The summed E-state index contributed by atoms with van der Waals surface area (Å²) in [7, 11) is 0. The van der Waals surface area contributed by atoms with Gasteiger partial charge in [0.15, 0.2) is 11.5 Å². The van der Waals surface area contributed by atoms with Gasteiger partial charge in [0.25, 0.3) is 5.91 Å². The first kappa shape index (κ1) is 22.1. The van der Waals surface area contributed by atoms with E-state index >= 15 is 0 Å². The van der Waals surface area contributed by atoms with Gasteiger partial charge in [-0.05, 0) is 63.4 Å². The number of benzene rings is 1. The predicted octanol–water partition coefficient (Wildman–Crippen LogP) is 4.19. The lowest BCUT2D eigenvalue weighted by molar-refractivity contribution is -0.131. The Morgan fingerprint density at radius 1 is 1.16 bits per heavy atom. The van der Waals surface area contributed by atoms with Crippen LogP contribution in [0.3, 0.4) is 0 Å². The fraction of sp³-hybridized carbons (Fsp3) is 0.440. The molecule has 0 radical (unpaired) electrons. The molecule has 1 N–H and O–H groups in total. The molecule has 2 aromatic rings. The number of carbonyl (C=O) groups is 2. The van der Waals surface area contributed by atoms with Crippen LogP contribution in [0.1, 0.15) is 54.6 Å². The first-order valence-electron chi connectivity index (χ1n) is 11.3. The lowest BCUT2D eigenvalue weighted by atomic mass is 9.94. The van der Waals surface area contributed by atoms with Gasteiger partial charge in [-0.15, -0.1) is 0 Å². The molecule has 170 valence electrons. The summed E-state index contributed by atoms with van der Waals surface area (Å²) >= 11 is 0. The maximum atomic E-state index is 13.3. The van der Waals surface area contributed by atoms with Crippen LogP contribution in [0.4, 0.5) is 5.69 Å². The molecule has 1 fully saturated rings. The Balaban J connectivity index is 1.73. The molecule has 32 heavy (non-hydrogen) atoms. The third kappa shape index (κ3) is 4.05. The molecule has 7 nitrogen and oxygen atoms in total. The molecule has 2 aliphatic rings. The van der Waals surface area contributed by atoms with Crippen molar-refractivity contribution >= 4 is 17.4 Å². The number of aliphatic hydroxyl groups excluding tert-OH is 1. The van der Waals surface area contributed by atoms with Gasteiger partial charge < -0.3 is 24.1 Å². The molecule has 0 bridgehead atoms. The number of carbonyl (C=O) groups excluding carboxylic acids is 2. The quantitative estimate of drug-likeness (QED) is 0.622. The summed E-state index contributed by atoms with van der Waals surface area (Å²) in [5.41, 5.74) is 1.89. The molecule has 2 aliphatic heterocycles. The van der Waals surface area contributed by atoms with Gasteiger partial charge in [-0.1, -0.05) is 12.1 Å². The summed E-state index contributed by atoms with van der Waals surface area (Å²) in [5, 5.41) is 10.8. The van der Waals surface area contributed by atoms with E-state index in [9.17, 15) is 14.7 Å². The minimum Gasteiger partial charge on any atom is -0.503 e. The van der Waals surface area contributed by atoms with Crippen molar-refractivity contribution in [1.82, 2.24) is 4.90 Å². The van der Waals surface area contributed by atoms with E-state index in [0.717, 1.165) is 37.2 Å². The second-order valence-corrected chi connectivity index (χ2v) is 8.26. The maximum Gasteiger partial charge on any atom is 0.290 e. The number of hydrogen-bond donors (Lipinski definition) is 1. The number of amides is 1. The number of nitrogens with zero attached hydrogens (tertiary/aromatic N) is 2. The molecule has 0 spiro atoms. The highest BCUT2D eigenvalue weighted by Crippen LogP contribution is 2.40. The Labute approximate surface area is 188 Å². The van der Waals surface area contributed by atoms with E-state index in [4.69, 9.17) is 9.15 Å². The van der Waals surface area contributed by atoms with Crippen LogP contribution in [0.15, 0.2) is 52.1 Å². The number of Topliss-reactive ketones (excluding diaryl/α,β-unsaturated/α-hetero) is 1. The van der Waals surface area contributed by atoms with E-state index in [1.165, 1.54) is 0 Å². The van der Waals surface area contributed by atoms with E-state index in [1.807, 2.05) is 24.3 Å². The third-order valence-corrected chi connectivity index (χ3v) is 6.27. The Hall–Kier alpha value is -3.06. The molecule has 7 heteroatoms. The third-order valence-electron chi connectivity index (χ3n) is 6.27. The molecule has 4 rings (SSSR count). The van der Waals surface area contributed by atoms with E-state index < -0.39 is 23.5 Å². The van der Waals surface area contributed by atoms with Crippen LogP contribution in [0, 0.1) is 6.92 Å². The number of ketones is 1. The summed E-state index contributed by atoms with van der Waals surface area (Å²) in [4.78, 5) is 30.2. The zero-order valence-electron chi connectivity index (χ0n) is 18.8. The fourth-order valence-corrected chi connectivity index (χ4v) is 4.57. The van der Waals surface area contributed by atoms with Crippen molar-refractivity contribution in [2.75, 3.05) is 31.1 Å². The van der Waals surface area contributed by atoms with Gasteiger partial charge >= 0.3 is 0 Å². The second-order valence-electron chi connectivity index (χ2n) is 8.26. The van der Waals surface area contributed by atoms with Gasteiger partial charge in [0.05, 0.1) is 17.7 Å². The largest absolute Gasteiger partial charge is 0.503 e. The van der Waals surface area contributed by atoms with Gasteiger partial charge in [-0.2, -0.15) is 0 Å². The molecule has 2 unspecified atom stereocenters. The molecular formula is C25H30N2O5. The fourth-order valence-electron chi connectivity index (χ4n) is 4.57. The number of rotatable bonds is 8. The normalized spacial score (nSPS) is 21.0. The van der Waals surface area contributed by atoms with Crippen LogP contribution in [-0.4, -0.2) is 54.0 Å². The summed E-state index contributed by atoms with van der Waals surface area (Å²) in [6.07, 6.45) is 1.68. The molecule has 1 aromatic heterocycles. The lowest BCUT2D eigenvalue weighted by Crippen LogP contribution is -2.37. The van der Waals surface area contributed by atoms with Gasteiger partial charge in [0.2, 0.25) is 5.78 Å². The number of anilines is 1. The average Bonchev–Trinajstić information content (AvgIpc) is 3.52. The van der Waals surface area contributed by atoms with Crippen molar-refractivity contribution in [1.29, 1.82) is 0 Å². The Morgan fingerprint density at radius 3 is 2.44 bits per heavy atom. The molecular weight excluding hydrogens is 408 g/mol. The van der Waals surface area contributed by atoms with Crippen LogP contribution >= 0.6 is 0 Å². The average molecular weight is 439 g/mol. The molecule has 0 saturated carbocycles. The number of ether oxygens (including phenoxy) is 1. The minimum atomic E-state index is -0.699.